The molecule has 0 fully saturated rings. The van der Waals surface area contributed by atoms with Crippen molar-refractivity contribution in [3.63, 3.8) is 0 Å². The normalized spacial score (nSPS) is 10.9. The largest absolute Gasteiger partial charge is 0.454 e. The summed E-state index contributed by atoms with van der Waals surface area (Å²) >= 11 is 0. The summed E-state index contributed by atoms with van der Waals surface area (Å²) in [5, 5.41) is 2.83. The van der Waals surface area contributed by atoms with Crippen LogP contribution in [-0.4, -0.2) is 28.6 Å². The van der Waals surface area contributed by atoms with Crippen LogP contribution in [-0.2, 0) is 4.74 Å². The number of aromatic nitrogens is 2. The third-order valence-corrected chi connectivity index (χ3v) is 1.49. The highest BCUT2D eigenvalue weighted by Gasteiger charge is 2.19. The molecular weight excluding hydrogens is 194 g/mol. The average molecular weight is 209 g/mol. The first kappa shape index (κ1) is 11.4. The Balaban J connectivity index is 2.82. The van der Waals surface area contributed by atoms with Gasteiger partial charge in [-0.1, -0.05) is 0 Å². The fourth-order valence-electron chi connectivity index (χ4n) is 0.920. The maximum absolute atomic E-state index is 11.6. The van der Waals surface area contributed by atoms with Crippen LogP contribution in [0.25, 0.3) is 0 Å². The molecule has 0 atom stereocenters. The van der Waals surface area contributed by atoms with Crippen molar-refractivity contribution in [2.75, 3.05) is 12.4 Å². The zero-order valence-corrected chi connectivity index (χ0v) is 9.37. The molecule has 15 heavy (non-hydrogen) atoms. The molecule has 0 unspecified atom stereocenters. The molecule has 0 amide bonds. The van der Waals surface area contributed by atoms with Crippen LogP contribution in [0.15, 0.2) is 12.3 Å². The molecular formula is C10H15N3O2. The second-order valence-corrected chi connectivity index (χ2v) is 4.02. The summed E-state index contributed by atoms with van der Waals surface area (Å²) in [6.45, 7) is 5.40. The second-order valence-electron chi connectivity index (χ2n) is 4.02. The summed E-state index contributed by atoms with van der Waals surface area (Å²) in [6.07, 6.45) is 1.51. The van der Waals surface area contributed by atoms with Gasteiger partial charge in [0.1, 0.15) is 11.4 Å². The molecule has 1 rings (SSSR count). The van der Waals surface area contributed by atoms with Gasteiger partial charge in [0.25, 0.3) is 0 Å². The predicted octanol–water partition coefficient (Wildman–Crippen LogP) is 1.47. The van der Waals surface area contributed by atoms with Crippen molar-refractivity contribution in [3.8, 4) is 0 Å². The highest BCUT2D eigenvalue weighted by atomic mass is 16.6. The maximum Gasteiger partial charge on any atom is 0.376 e. The van der Waals surface area contributed by atoms with Gasteiger partial charge >= 0.3 is 5.97 Å². The number of carbonyl (C=O) groups excluding carboxylic acids is 1. The molecule has 1 heterocycles. The maximum atomic E-state index is 11.6. The van der Waals surface area contributed by atoms with Gasteiger partial charge in [-0.05, 0) is 26.8 Å². The minimum atomic E-state index is -0.532. The lowest BCUT2D eigenvalue weighted by Gasteiger charge is -2.18. The van der Waals surface area contributed by atoms with Crippen LogP contribution >= 0.6 is 0 Å². The number of hydrogen-bond donors (Lipinski definition) is 1. The number of ether oxygens (including phenoxy) is 1. The van der Waals surface area contributed by atoms with Crippen LogP contribution in [0.4, 0.5) is 5.82 Å². The smallest absolute Gasteiger partial charge is 0.376 e. The van der Waals surface area contributed by atoms with Crippen molar-refractivity contribution in [1.82, 2.24) is 9.97 Å². The fourth-order valence-corrected chi connectivity index (χ4v) is 0.920. The standard InChI is InChI=1S/C10H15N3O2/c1-10(2,3)15-9(14)8-12-6-5-7(11-4)13-8/h5-6H,1-4H3,(H,11,12,13). The molecule has 0 bridgehead atoms. The summed E-state index contributed by atoms with van der Waals surface area (Å²) in [4.78, 5) is 19.4. The van der Waals surface area contributed by atoms with Gasteiger partial charge in [-0.15, -0.1) is 0 Å². The first-order chi connectivity index (χ1) is 6.92. The molecule has 0 aliphatic rings. The third-order valence-electron chi connectivity index (χ3n) is 1.49. The number of carbonyl (C=O) groups is 1. The highest BCUT2D eigenvalue weighted by molar-refractivity contribution is 5.85. The van der Waals surface area contributed by atoms with Crippen molar-refractivity contribution in [2.24, 2.45) is 0 Å². The molecule has 1 aromatic rings. The monoisotopic (exact) mass is 209 g/mol. The Hall–Kier alpha value is -1.65. The predicted molar refractivity (Wildman–Crippen MR) is 56.7 cm³/mol. The third kappa shape index (κ3) is 3.53. The van der Waals surface area contributed by atoms with Gasteiger partial charge in [-0.2, -0.15) is 0 Å². The van der Waals surface area contributed by atoms with Crippen molar-refractivity contribution in [1.29, 1.82) is 0 Å². The molecule has 0 saturated heterocycles. The van der Waals surface area contributed by atoms with E-state index in [1.165, 1.54) is 6.20 Å². The molecule has 0 saturated carbocycles. The lowest BCUT2D eigenvalue weighted by molar-refractivity contribution is 0.00557. The summed E-state index contributed by atoms with van der Waals surface area (Å²) in [6, 6.07) is 1.67. The van der Waals surface area contributed by atoms with Gasteiger partial charge in [0, 0.05) is 13.2 Å². The van der Waals surface area contributed by atoms with Gasteiger partial charge in [-0.3, -0.25) is 0 Å². The van der Waals surface area contributed by atoms with E-state index in [2.05, 4.69) is 15.3 Å². The minimum absolute atomic E-state index is 0.0665. The summed E-state index contributed by atoms with van der Waals surface area (Å²) < 4.78 is 5.13. The second kappa shape index (κ2) is 4.25. The fraction of sp³-hybridized carbons (Fsp3) is 0.500. The van der Waals surface area contributed by atoms with E-state index in [0.29, 0.717) is 5.82 Å². The van der Waals surface area contributed by atoms with Crippen molar-refractivity contribution >= 4 is 11.8 Å². The minimum Gasteiger partial charge on any atom is -0.454 e. The first-order valence-electron chi connectivity index (χ1n) is 4.66. The van der Waals surface area contributed by atoms with Gasteiger partial charge in [0.15, 0.2) is 0 Å². The molecule has 5 heteroatoms. The van der Waals surface area contributed by atoms with Gasteiger partial charge in [0.05, 0.1) is 0 Å². The zero-order chi connectivity index (χ0) is 11.5. The lowest BCUT2D eigenvalue weighted by atomic mass is 10.2. The molecule has 0 aliphatic heterocycles. The lowest BCUT2D eigenvalue weighted by Crippen LogP contribution is -2.25. The Morgan fingerprint density at radius 3 is 2.67 bits per heavy atom. The Morgan fingerprint density at radius 1 is 1.47 bits per heavy atom. The van der Waals surface area contributed by atoms with E-state index in [9.17, 15) is 4.79 Å². The Kier molecular flexibility index (Phi) is 3.24. The molecule has 1 N–H and O–H groups in total. The zero-order valence-electron chi connectivity index (χ0n) is 9.37. The van der Waals surface area contributed by atoms with Crippen molar-refractivity contribution in [3.05, 3.63) is 18.1 Å². The van der Waals surface area contributed by atoms with Crippen LogP contribution < -0.4 is 5.32 Å². The Bertz CT molecular complexity index is 358. The van der Waals surface area contributed by atoms with Gasteiger partial charge in [-0.25, -0.2) is 14.8 Å². The summed E-state index contributed by atoms with van der Waals surface area (Å²) in [7, 11) is 1.72. The van der Waals surface area contributed by atoms with Crippen LogP contribution in [0.1, 0.15) is 31.4 Å². The van der Waals surface area contributed by atoms with Crippen LogP contribution in [0, 0.1) is 0 Å². The van der Waals surface area contributed by atoms with E-state index in [-0.39, 0.29) is 5.82 Å². The molecule has 5 nitrogen and oxygen atoms in total. The van der Waals surface area contributed by atoms with Gasteiger partial charge < -0.3 is 10.1 Å². The quantitative estimate of drug-likeness (QED) is 0.747. The Labute approximate surface area is 88.9 Å². The van der Waals surface area contributed by atoms with E-state index >= 15 is 0 Å². The number of anilines is 1. The molecule has 0 spiro atoms. The van der Waals surface area contributed by atoms with Gasteiger partial charge in [0.2, 0.25) is 5.82 Å². The SMILES string of the molecule is CNc1ccnc(C(=O)OC(C)(C)C)n1. The van der Waals surface area contributed by atoms with E-state index in [0.717, 1.165) is 0 Å². The number of esters is 1. The first-order valence-corrected chi connectivity index (χ1v) is 4.66. The topological polar surface area (TPSA) is 64.1 Å². The molecule has 0 aromatic carbocycles. The summed E-state index contributed by atoms with van der Waals surface area (Å²) in [5.74, 6) is 0.141. The summed E-state index contributed by atoms with van der Waals surface area (Å²) in [5.41, 5.74) is -0.532. The van der Waals surface area contributed by atoms with Crippen molar-refractivity contribution < 1.29 is 9.53 Å². The molecule has 1 aromatic heterocycles. The molecule has 0 aliphatic carbocycles. The molecule has 82 valence electrons. The van der Waals surface area contributed by atoms with Crippen LogP contribution in [0.2, 0.25) is 0 Å². The van der Waals surface area contributed by atoms with Crippen molar-refractivity contribution in [2.45, 2.75) is 26.4 Å². The number of rotatable bonds is 2. The number of nitrogens with one attached hydrogen (secondary N) is 1. The highest BCUT2D eigenvalue weighted by Crippen LogP contribution is 2.10. The van der Waals surface area contributed by atoms with E-state index in [1.807, 2.05) is 0 Å². The van der Waals surface area contributed by atoms with E-state index in [4.69, 9.17) is 4.74 Å². The average Bonchev–Trinajstić information content (AvgIpc) is 2.15. The Morgan fingerprint density at radius 2 is 2.13 bits per heavy atom. The van der Waals surface area contributed by atoms with Crippen LogP contribution in [0.5, 0.6) is 0 Å². The van der Waals surface area contributed by atoms with E-state index in [1.54, 1.807) is 33.9 Å². The number of nitrogens with zero attached hydrogens (tertiary/aromatic N) is 2. The number of hydrogen-bond acceptors (Lipinski definition) is 5. The van der Waals surface area contributed by atoms with Crippen LogP contribution in [0.3, 0.4) is 0 Å². The molecule has 0 radical (unpaired) electrons. The van der Waals surface area contributed by atoms with E-state index < -0.39 is 11.6 Å².